The number of carbonyl (C=O) groups is 1. The summed E-state index contributed by atoms with van der Waals surface area (Å²) in [5.41, 5.74) is 0. The Morgan fingerprint density at radius 2 is 1.61 bits per heavy atom. The van der Waals surface area contributed by atoms with Gasteiger partial charge < -0.3 is 5.11 Å². The molecule has 0 atom stereocenters. The van der Waals surface area contributed by atoms with Gasteiger partial charge in [0.05, 0.1) is 11.5 Å². The van der Waals surface area contributed by atoms with Crippen LogP contribution in [0.15, 0.2) is 17.0 Å². The number of halogens is 4. The normalized spacial score (nSPS) is 9.83. The second kappa shape index (κ2) is 8.18. The predicted molar refractivity (Wildman–Crippen MR) is 86.3 cm³/mol. The molecule has 0 unspecified atom stereocenters. The van der Waals surface area contributed by atoms with Crippen LogP contribution in [0, 0.1) is 0 Å². The largest absolute Gasteiger partial charge is 0.391 e. The molecule has 0 radical (unpaired) electrons. The lowest BCUT2D eigenvalue weighted by atomic mass is 10.6. The second-order valence-corrected chi connectivity index (χ2v) is 8.75. The molecular weight excluding hydrogens is 540 g/mol. The molecule has 2 aromatic heterocycles. The van der Waals surface area contributed by atoms with Gasteiger partial charge in [0.25, 0.3) is 0 Å². The zero-order valence-corrected chi connectivity index (χ0v) is 16.3. The average molecular weight is 544 g/mol. The molecule has 0 aliphatic carbocycles. The van der Waals surface area contributed by atoms with E-state index in [-0.39, 0.29) is 6.61 Å². The van der Waals surface area contributed by atoms with Crippen LogP contribution < -0.4 is 0 Å². The maximum atomic E-state index is 10.2. The van der Waals surface area contributed by atoms with Gasteiger partial charge in [0.1, 0.15) is 14.1 Å². The maximum absolute atomic E-state index is 10.2. The Hall–Kier alpha value is 0.810. The number of thiazole rings is 2. The van der Waals surface area contributed by atoms with E-state index in [0.29, 0.717) is 9.48 Å². The SMILES string of the molecule is O=Cc1sc(Br)nc1Br.OCc1sc(Br)nc1Br. The Labute approximate surface area is 144 Å². The van der Waals surface area contributed by atoms with Crippen LogP contribution in [-0.4, -0.2) is 21.4 Å². The molecule has 10 heteroatoms. The zero-order valence-electron chi connectivity index (χ0n) is 8.36. The molecule has 98 valence electrons. The van der Waals surface area contributed by atoms with Crippen LogP contribution in [0.5, 0.6) is 0 Å². The number of hydrogen-bond donors (Lipinski definition) is 1. The first-order chi connectivity index (χ1) is 8.47. The quantitative estimate of drug-likeness (QED) is 0.561. The van der Waals surface area contributed by atoms with Crippen molar-refractivity contribution in [3.8, 4) is 0 Å². The van der Waals surface area contributed by atoms with Gasteiger partial charge in [0.2, 0.25) is 0 Å². The second-order valence-electron chi connectivity index (χ2n) is 2.58. The summed E-state index contributed by atoms with van der Waals surface area (Å²) in [6.07, 6.45) is 0.770. The smallest absolute Gasteiger partial charge is 0.162 e. The Morgan fingerprint density at radius 3 is 1.83 bits per heavy atom. The van der Waals surface area contributed by atoms with Crippen LogP contribution in [0.3, 0.4) is 0 Å². The fourth-order valence-electron chi connectivity index (χ4n) is 0.764. The van der Waals surface area contributed by atoms with Crippen molar-refractivity contribution >= 4 is 92.7 Å². The van der Waals surface area contributed by atoms with Gasteiger partial charge in [0.15, 0.2) is 14.1 Å². The number of hydrogen-bond acceptors (Lipinski definition) is 6. The van der Waals surface area contributed by atoms with E-state index < -0.39 is 0 Å². The van der Waals surface area contributed by atoms with E-state index in [1.807, 2.05) is 0 Å². The number of aldehydes is 1. The number of aromatic nitrogens is 2. The minimum Gasteiger partial charge on any atom is -0.391 e. The molecule has 0 spiro atoms. The lowest BCUT2D eigenvalue weighted by Crippen LogP contribution is -1.75. The van der Waals surface area contributed by atoms with Gasteiger partial charge in [-0.1, -0.05) is 0 Å². The van der Waals surface area contributed by atoms with Crippen LogP contribution in [0.4, 0.5) is 0 Å². The summed E-state index contributed by atoms with van der Waals surface area (Å²) in [5.74, 6) is 0. The molecule has 2 rings (SSSR count). The highest BCUT2D eigenvalue weighted by molar-refractivity contribution is 9.11. The van der Waals surface area contributed by atoms with Gasteiger partial charge in [-0.25, -0.2) is 9.97 Å². The third-order valence-corrected chi connectivity index (χ3v) is 6.17. The van der Waals surface area contributed by atoms with Gasteiger partial charge in [-0.3, -0.25) is 4.79 Å². The molecule has 2 heterocycles. The molecule has 0 bridgehead atoms. The number of carbonyl (C=O) groups excluding carboxylic acids is 1. The number of aliphatic hydroxyl groups is 1. The molecular formula is C8H4Br4N2O2S2. The topological polar surface area (TPSA) is 63.1 Å². The van der Waals surface area contributed by atoms with Crippen LogP contribution in [0.2, 0.25) is 0 Å². The summed E-state index contributed by atoms with van der Waals surface area (Å²) >= 11 is 15.4. The molecule has 1 N–H and O–H groups in total. The van der Waals surface area contributed by atoms with E-state index in [4.69, 9.17) is 5.11 Å². The Morgan fingerprint density at radius 1 is 1.06 bits per heavy atom. The molecule has 0 aliphatic rings. The Kier molecular flexibility index (Phi) is 7.66. The summed E-state index contributed by atoms with van der Waals surface area (Å²) in [6, 6.07) is 0. The third-order valence-electron chi connectivity index (χ3n) is 1.46. The molecule has 0 amide bonds. The summed E-state index contributed by atoms with van der Waals surface area (Å²) in [5, 5.41) is 8.65. The first-order valence-corrected chi connectivity index (χ1v) is 8.97. The van der Waals surface area contributed by atoms with Crippen molar-refractivity contribution in [3.63, 3.8) is 0 Å². The minimum absolute atomic E-state index is 0.0455. The summed E-state index contributed by atoms with van der Waals surface area (Å²) < 4.78 is 2.84. The molecule has 2 aromatic rings. The summed E-state index contributed by atoms with van der Waals surface area (Å²) in [7, 11) is 0. The fraction of sp³-hybridized carbons (Fsp3) is 0.125. The Bertz CT molecular complexity index is 543. The third kappa shape index (κ3) is 5.06. The lowest BCUT2D eigenvalue weighted by molar-refractivity contribution is 0.112. The van der Waals surface area contributed by atoms with Crippen molar-refractivity contribution in [2.24, 2.45) is 0 Å². The van der Waals surface area contributed by atoms with Crippen molar-refractivity contribution < 1.29 is 9.90 Å². The zero-order chi connectivity index (χ0) is 13.7. The maximum Gasteiger partial charge on any atom is 0.162 e. The number of aliphatic hydroxyl groups excluding tert-OH is 1. The fourth-order valence-corrected chi connectivity index (χ4v) is 5.03. The van der Waals surface area contributed by atoms with Crippen LogP contribution in [0.25, 0.3) is 0 Å². The first-order valence-electron chi connectivity index (χ1n) is 4.16. The van der Waals surface area contributed by atoms with Crippen molar-refractivity contribution in [3.05, 3.63) is 26.8 Å². The molecule has 0 saturated heterocycles. The van der Waals surface area contributed by atoms with Crippen molar-refractivity contribution in [2.75, 3.05) is 0 Å². The van der Waals surface area contributed by atoms with Gasteiger partial charge in [-0.15, -0.1) is 22.7 Å². The predicted octanol–water partition coefficient (Wildman–Crippen LogP) is 4.64. The van der Waals surface area contributed by atoms with Crippen LogP contribution >= 0.6 is 86.4 Å². The number of nitrogens with zero attached hydrogens (tertiary/aromatic N) is 2. The molecule has 0 aliphatic heterocycles. The van der Waals surface area contributed by atoms with Crippen LogP contribution in [0.1, 0.15) is 14.5 Å². The molecule has 0 fully saturated rings. The lowest BCUT2D eigenvalue weighted by Gasteiger charge is -1.83. The minimum atomic E-state index is 0.0455. The van der Waals surface area contributed by atoms with E-state index in [1.54, 1.807) is 0 Å². The number of rotatable bonds is 2. The standard InChI is InChI=1S/C4H3Br2NOS.C4HBr2NOS/c2*5-3-2(1-8)9-4(6)7-3/h8H,1H2;1H. The first kappa shape index (κ1) is 16.9. The summed E-state index contributed by atoms with van der Waals surface area (Å²) in [6.45, 7) is 0.0455. The van der Waals surface area contributed by atoms with E-state index in [2.05, 4.69) is 73.7 Å². The summed E-state index contributed by atoms with van der Waals surface area (Å²) in [4.78, 5) is 19.5. The highest BCUT2D eigenvalue weighted by atomic mass is 79.9. The average Bonchev–Trinajstić information content (AvgIpc) is 2.81. The van der Waals surface area contributed by atoms with Gasteiger partial charge in [-0.2, -0.15) is 0 Å². The monoisotopic (exact) mass is 540 g/mol. The molecule has 0 saturated carbocycles. The van der Waals surface area contributed by atoms with Crippen molar-refractivity contribution in [1.29, 1.82) is 0 Å². The van der Waals surface area contributed by atoms with E-state index in [1.165, 1.54) is 22.7 Å². The highest BCUT2D eigenvalue weighted by Gasteiger charge is 2.04. The van der Waals surface area contributed by atoms with E-state index in [0.717, 1.165) is 23.6 Å². The molecule has 4 nitrogen and oxygen atoms in total. The van der Waals surface area contributed by atoms with Crippen molar-refractivity contribution in [1.82, 2.24) is 9.97 Å². The van der Waals surface area contributed by atoms with Crippen LogP contribution in [-0.2, 0) is 6.61 Å². The van der Waals surface area contributed by atoms with Gasteiger partial charge >= 0.3 is 0 Å². The molecule has 0 aromatic carbocycles. The molecule has 18 heavy (non-hydrogen) atoms. The van der Waals surface area contributed by atoms with Gasteiger partial charge in [0, 0.05) is 0 Å². The van der Waals surface area contributed by atoms with Crippen molar-refractivity contribution in [2.45, 2.75) is 6.61 Å². The van der Waals surface area contributed by atoms with E-state index >= 15 is 0 Å². The van der Waals surface area contributed by atoms with E-state index in [9.17, 15) is 4.79 Å². The van der Waals surface area contributed by atoms with Gasteiger partial charge in [-0.05, 0) is 63.7 Å². The Balaban J connectivity index is 0.000000180. The highest BCUT2D eigenvalue weighted by Crippen LogP contribution is 2.27.